The molecule has 2 rings (SSSR count). The zero-order chi connectivity index (χ0) is 13.9. The van der Waals surface area contributed by atoms with Gasteiger partial charge < -0.3 is 14.6 Å². The molecule has 0 amide bonds. The molecule has 0 spiro atoms. The number of halogens is 3. The first kappa shape index (κ1) is 13.3. The van der Waals surface area contributed by atoms with E-state index >= 15 is 0 Å². The van der Waals surface area contributed by atoms with Crippen molar-refractivity contribution in [1.29, 1.82) is 0 Å². The lowest BCUT2D eigenvalue weighted by Gasteiger charge is -2.10. The van der Waals surface area contributed by atoms with Gasteiger partial charge in [0.1, 0.15) is 5.75 Å². The van der Waals surface area contributed by atoms with Gasteiger partial charge in [-0.05, 0) is 35.9 Å². The van der Waals surface area contributed by atoms with Crippen LogP contribution in [0.5, 0.6) is 5.75 Å². The molecule has 1 aromatic carbocycles. The van der Waals surface area contributed by atoms with E-state index in [-0.39, 0.29) is 5.75 Å². The maximum Gasteiger partial charge on any atom is 0.573 e. The van der Waals surface area contributed by atoms with Crippen molar-refractivity contribution in [3.8, 4) is 5.75 Å². The molecule has 3 nitrogen and oxygen atoms in total. The van der Waals surface area contributed by atoms with Gasteiger partial charge in [0, 0.05) is 31.7 Å². The van der Waals surface area contributed by atoms with Crippen LogP contribution >= 0.6 is 0 Å². The number of nitrogens with one attached hydrogen (secondary N) is 1. The molecule has 0 bridgehead atoms. The number of alkyl halides is 3. The molecule has 0 aliphatic rings. The summed E-state index contributed by atoms with van der Waals surface area (Å²) in [6.45, 7) is 0.611. The fraction of sp³-hybridized carbons (Fsp3) is 0.231. The highest BCUT2D eigenvalue weighted by molar-refractivity contribution is 5.46. The molecular weight excluding hydrogens is 257 g/mol. The number of ether oxygens (including phenoxy) is 1. The van der Waals surface area contributed by atoms with Crippen molar-refractivity contribution in [2.24, 2.45) is 7.05 Å². The van der Waals surface area contributed by atoms with Crippen molar-refractivity contribution in [2.75, 3.05) is 5.32 Å². The quantitative estimate of drug-likeness (QED) is 0.919. The van der Waals surface area contributed by atoms with Crippen LogP contribution in [0.15, 0.2) is 42.7 Å². The molecule has 6 heteroatoms. The number of nitrogens with zero attached hydrogens (tertiary/aromatic N) is 1. The Morgan fingerprint density at radius 3 is 2.37 bits per heavy atom. The second-order valence-electron chi connectivity index (χ2n) is 4.11. The van der Waals surface area contributed by atoms with Crippen molar-refractivity contribution in [2.45, 2.75) is 12.9 Å². The summed E-state index contributed by atoms with van der Waals surface area (Å²) in [6.07, 6.45) is -0.760. The third-order valence-corrected chi connectivity index (χ3v) is 2.48. The third-order valence-electron chi connectivity index (χ3n) is 2.48. The summed E-state index contributed by atoms with van der Waals surface area (Å²) in [6, 6.07) is 7.61. The second-order valence-corrected chi connectivity index (χ2v) is 4.11. The van der Waals surface area contributed by atoms with Crippen molar-refractivity contribution in [1.82, 2.24) is 4.57 Å². The standard InChI is InChI=1S/C13H13F3N2O/c1-18-7-6-10(9-18)8-17-11-2-4-12(5-3-11)19-13(14,15)16/h2-7,9,17H,8H2,1H3. The summed E-state index contributed by atoms with van der Waals surface area (Å²) >= 11 is 0. The van der Waals surface area contributed by atoms with Crippen LogP contribution in [0.1, 0.15) is 5.56 Å². The van der Waals surface area contributed by atoms with Crippen LogP contribution in [0.25, 0.3) is 0 Å². The molecular formula is C13H13F3N2O. The molecule has 0 atom stereocenters. The third kappa shape index (κ3) is 4.24. The number of aryl methyl sites for hydroxylation is 1. The van der Waals surface area contributed by atoms with Gasteiger partial charge in [-0.3, -0.25) is 0 Å². The number of rotatable bonds is 4. The first-order valence-corrected chi connectivity index (χ1v) is 5.63. The number of aromatic nitrogens is 1. The summed E-state index contributed by atoms with van der Waals surface area (Å²) in [5, 5.41) is 3.11. The molecule has 2 aromatic rings. The summed E-state index contributed by atoms with van der Waals surface area (Å²) in [7, 11) is 1.92. The minimum Gasteiger partial charge on any atom is -0.406 e. The van der Waals surface area contributed by atoms with Crippen LogP contribution < -0.4 is 10.1 Å². The van der Waals surface area contributed by atoms with E-state index in [0.717, 1.165) is 11.3 Å². The molecule has 0 radical (unpaired) electrons. The van der Waals surface area contributed by atoms with Gasteiger partial charge in [0.2, 0.25) is 0 Å². The molecule has 1 aromatic heterocycles. The average molecular weight is 270 g/mol. The smallest absolute Gasteiger partial charge is 0.406 e. The van der Waals surface area contributed by atoms with E-state index in [1.165, 1.54) is 12.1 Å². The Hall–Kier alpha value is -2.11. The van der Waals surface area contributed by atoms with E-state index in [1.807, 2.05) is 30.1 Å². The van der Waals surface area contributed by atoms with Crippen molar-refractivity contribution >= 4 is 5.69 Å². The molecule has 0 unspecified atom stereocenters. The molecule has 1 N–H and O–H groups in total. The highest BCUT2D eigenvalue weighted by atomic mass is 19.4. The van der Waals surface area contributed by atoms with E-state index < -0.39 is 6.36 Å². The Bertz CT molecular complexity index is 532. The van der Waals surface area contributed by atoms with Gasteiger partial charge >= 0.3 is 6.36 Å². The molecule has 0 fully saturated rings. The number of hydrogen-bond acceptors (Lipinski definition) is 2. The highest BCUT2D eigenvalue weighted by Crippen LogP contribution is 2.24. The fourth-order valence-corrected chi connectivity index (χ4v) is 1.64. The van der Waals surface area contributed by atoms with Gasteiger partial charge in [-0.2, -0.15) is 0 Å². The molecule has 0 saturated carbocycles. The number of anilines is 1. The van der Waals surface area contributed by atoms with Crippen LogP contribution in [0.2, 0.25) is 0 Å². The monoisotopic (exact) mass is 270 g/mol. The Balaban J connectivity index is 1.91. The Morgan fingerprint density at radius 1 is 1.16 bits per heavy atom. The van der Waals surface area contributed by atoms with Crippen molar-refractivity contribution in [3.05, 3.63) is 48.3 Å². The van der Waals surface area contributed by atoms with Crippen LogP contribution in [0.4, 0.5) is 18.9 Å². The Labute approximate surface area is 108 Å². The lowest BCUT2D eigenvalue weighted by molar-refractivity contribution is -0.274. The Morgan fingerprint density at radius 2 is 1.84 bits per heavy atom. The number of benzene rings is 1. The zero-order valence-corrected chi connectivity index (χ0v) is 10.2. The molecule has 19 heavy (non-hydrogen) atoms. The van der Waals surface area contributed by atoms with Gasteiger partial charge in [-0.1, -0.05) is 0 Å². The lowest BCUT2D eigenvalue weighted by atomic mass is 10.3. The second kappa shape index (κ2) is 5.26. The van der Waals surface area contributed by atoms with Crippen LogP contribution in [-0.2, 0) is 13.6 Å². The minimum absolute atomic E-state index is 0.224. The van der Waals surface area contributed by atoms with Gasteiger partial charge in [-0.15, -0.1) is 13.2 Å². The van der Waals surface area contributed by atoms with Gasteiger partial charge in [0.15, 0.2) is 0 Å². The van der Waals surface area contributed by atoms with E-state index in [4.69, 9.17) is 0 Å². The van der Waals surface area contributed by atoms with Crippen molar-refractivity contribution in [3.63, 3.8) is 0 Å². The van der Waals surface area contributed by atoms with E-state index in [2.05, 4.69) is 10.1 Å². The van der Waals surface area contributed by atoms with Crippen LogP contribution in [0.3, 0.4) is 0 Å². The summed E-state index contributed by atoms with van der Waals surface area (Å²) in [4.78, 5) is 0. The normalized spacial score (nSPS) is 11.4. The maximum atomic E-state index is 12.0. The molecule has 0 aliphatic heterocycles. The first-order chi connectivity index (χ1) is 8.92. The topological polar surface area (TPSA) is 26.2 Å². The molecule has 0 saturated heterocycles. The summed E-state index contributed by atoms with van der Waals surface area (Å²) in [5.41, 5.74) is 1.83. The predicted molar refractivity (Wildman–Crippen MR) is 65.9 cm³/mol. The maximum absolute atomic E-state index is 12.0. The minimum atomic E-state index is -4.65. The van der Waals surface area contributed by atoms with Crippen LogP contribution in [0, 0.1) is 0 Å². The van der Waals surface area contributed by atoms with E-state index in [0.29, 0.717) is 6.54 Å². The number of hydrogen-bond donors (Lipinski definition) is 1. The van der Waals surface area contributed by atoms with Gasteiger partial charge in [0.05, 0.1) is 0 Å². The lowest BCUT2D eigenvalue weighted by Crippen LogP contribution is -2.17. The molecule has 1 heterocycles. The molecule has 102 valence electrons. The molecule has 0 aliphatic carbocycles. The van der Waals surface area contributed by atoms with E-state index in [1.54, 1.807) is 12.1 Å². The summed E-state index contributed by atoms with van der Waals surface area (Å²) < 4.78 is 41.6. The van der Waals surface area contributed by atoms with Gasteiger partial charge in [-0.25, -0.2) is 0 Å². The SMILES string of the molecule is Cn1ccc(CNc2ccc(OC(F)(F)F)cc2)c1. The predicted octanol–water partition coefficient (Wildman–Crippen LogP) is 3.54. The fourth-order valence-electron chi connectivity index (χ4n) is 1.64. The first-order valence-electron chi connectivity index (χ1n) is 5.63. The van der Waals surface area contributed by atoms with Crippen LogP contribution in [-0.4, -0.2) is 10.9 Å². The highest BCUT2D eigenvalue weighted by Gasteiger charge is 2.30. The summed E-state index contributed by atoms with van der Waals surface area (Å²) in [5.74, 6) is -0.224. The Kier molecular flexibility index (Phi) is 3.69. The van der Waals surface area contributed by atoms with E-state index in [9.17, 15) is 13.2 Å². The van der Waals surface area contributed by atoms with Gasteiger partial charge in [0.25, 0.3) is 0 Å². The average Bonchev–Trinajstić information content (AvgIpc) is 2.72. The zero-order valence-electron chi connectivity index (χ0n) is 10.2. The van der Waals surface area contributed by atoms with Crippen molar-refractivity contribution < 1.29 is 17.9 Å². The largest absolute Gasteiger partial charge is 0.573 e.